The van der Waals surface area contributed by atoms with Crippen molar-refractivity contribution in [2.75, 3.05) is 33.4 Å². The number of rotatable bonds is 6. The smallest absolute Gasteiger partial charge is 0.265 e. The molecule has 0 bridgehead atoms. The molecule has 0 saturated carbocycles. The summed E-state index contributed by atoms with van der Waals surface area (Å²) in [5, 5.41) is 3.43. The summed E-state index contributed by atoms with van der Waals surface area (Å²) in [4.78, 5) is 19.3. The molecule has 2 rings (SSSR count). The number of carbonyl (C=O) groups excluding carboxylic acids is 1. The van der Waals surface area contributed by atoms with Crippen molar-refractivity contribution in [3.05, 3.63) is 16.1 Å². The second kappa shape index (κ2) is 6.98. The first-order chi connectivity index (χ1) is 9.22. The van der Waals surface area contributed by atoms with Gasteiger partial charge in [0.1, 0.15) is 4.88 Å². The van der Waals surface area contributed by atoms with Gasteiger partial charge >= 0.3 is 0 Å². The van der Waals surface area contributed by atoms with E-state index in [1.165, 1.54) is 17.8 Å². The van der Waals surface area contributed by atoms with Gasteiger partial charge in [-0.1, -0.05) is 0 Å². The van der Waals surface area contributed by atoms with Crippen molar-refractivity contribution in [2.45, 2.75) is 25.8 Å². The summed E-state index contributed by atoms with van der Waals surface area (Å²) in [6, 6.07) is 0.411. The first kappa shape index (κ1) is 14.4. The van der Waals surface area contributed by atoms with Gasteiger partial charge in [0.2, 0.25) is 0 Å². The Morgan fingerprint density at radius 2 is 2.53 bits per heavy atom. The second-order valence-electron chi connectivity index (χ2n) is 4.80. The van der Waals surface area contributed by atoms with Gasteiger partial charge in [0.05, 0.1) is 17.8 Å². The SMILES string of the molecule is COCCN(CC1CCCN1)C(=O)c1scnc1C. The number of amides is 1. The third kappa shape index (κ3) is 3.75. The molecule has 2 heterocycles. The predicted octanol–water partition coefficient (Wildman–Crippen LogP) is 1.29. The molecule has 1 amide bonds. The van der Waals surface area contributed by atoms with Gasteiger partial charge in [-0.05, 0) is 26.3 Å². The van der Waals surface area contributed by atoms with Crippen molar-refractivity contribution in [1.29, 1.82) is 0 Å². The van der Waals surface area contributed by atoms with Gasteiger partial charge < -0.3 is 15.0 Å². The third-order valence-corrected chi connectivity index (χ3v) is 4.31. The molecule has 0 aliphatic carbocycles. The second-order valence-corrected chi connectivity index (χ2v) is 5.66. The largest absolute Gasteiger partial charge is 0.383 e. The first-order valence-corrected chi connectivity index (χ1v) is 7.52. The molecular formula is C13H21N3O2S. The molecule has 1 saturated heterocycles. The Labute approximate surface area is 118 Å². The fraction of sp³-hybridized carbons (Fsp3) is 0.692. The molecule has 6 heteroatoms. The molecule has 1 atom stereocenters. The van der Waals surface area contributed by atoms with Gasteiger partial charge in [-0.3, -0.25) is 4.79 Å². The van der Waals surface area contributed by atoms with E-state index in [9.17, 15) is 4.79 Å². The van der Waals surface area contributed by atoms with Crippen LogP contribution in [-0.2, 0) is 4.74 Å². The van der Waals surface area contributed by atoms with E-state index in [1.807, 2.05) is 11.8 Å². The van der Waals surface area contributed by atoms with Crippen molar-refractivity contribution in [3.63, 3.8) is 0 Å². The van der Waals surface area contributed by atoms with Crippen LogP contribution in [0.25, 0.3) is 0 Å². The van der Waals surface area contributed by atoms with Gasteiger partial charge in [-0.25, -0.2) is 4.98 Å². The zero-order valence-electron chi connectivity index (χ0n) is 11.5. The summed E-state index contributed by atoms with van der Waals surface area (Å²) >= 11 is 1.41. The summed E-state index contributed by atoms with van der Waals surface area (Å²) in [5.41, 5.74) is 2.54. The Hall–Kier alpha value is -0.980. The molecule has 1 aliphatic rings. The Bertz CT molecular complexity index is 416. The minimum atomic E-state index is 0.0748. The number of ether oxygens (including phenoxy) is 1. The quantitative estimate of drug-likeness (QED) is 0.855. The standard InChI is InChI=1S/C13H21N3O2S/c1-10-12(19-9-15-10)13(17)16(6-7-18-2)8-11-4-3-5-14-11/h9,11,14H,3-8H2,1-2H3. The zero-order valence-corrected chi connectivity index (χ0v) is 12.3. The van der Waals surface area contributed by atoms with Crippen LogP contribution in [0.15, 0.2) is 5.51 Å². The van der Waals surface area contributed by atoms with E-state index in [-0.39, 0.29) is 5.91 Å². The molecule has 1 aliphatic heterocycles. The number of aryl methyl sites for hydroxylation is 1. The number of hydrogen-bond acceptors (Lipinski definition) is 5. The Morgan fingerprint density at radius 3 is 3.11 bits per heavy atom. The van der Waals surface area contributed by atoms with E-state index in [4.69, 9.17) is 4.74 Å². The van der Waals surface area contributed by atoms with E-state index < -0.39 is 0 Å². The number of nitrogens with one attached hydrogen (secondary N) is 1. The summed E-state index contributed by atoms with van der Waals surface area (Å²) in [7, 11) is 1.66. The highest BCUT2D eigenvalue weighted by Gasteiger charge is 2.24. The number of aromatic nitrogens is 1. The number of hydrogen-bond donors (Lipinski definition) is 1. The number of nitrogens with zero attached hydrogens (tertiary/aromatic N) is 2. The molecule has 0 spiro atoms. The van der Waals surface area contributed by atoms with E-state index in [0.717, 1.165) is 30.1 Å². The number of thiazole rings is 1. The maximum Gasteiger partial charge on any atom is 0.265 e. The highest BCUT2D eigenvalue weighted by molar-refractivity contribution is 7.11. The lowest BCUT2D eigenvalue weighted by molar-refractivity contribution is 0.0683. The lowest BCUT2D eigenvalue weighted by Crippen LogP contribution is -2.42. The Kier molecular flexibility index (Phi) is 5.30. The molecule has 1 aromatic rings. The van der Waals surface area contributed by atoms with Gasteiger partial charge in [-0.2, -0.15) is 0 Å². The van der Waals surface area contributed by atoms with E-state index >= 15 is 0 Å². The highest BCUT2D eigenvalue weighted by Crippen LogP contribution is 2.16. The number of methoxy groups -OCH3 is 1. The average Bonchev–Trinajstić information content (AvgIpc) is 3.05. The maximum atomic E-state index is 12.5. The molecule has 0 radical (unpaired) electrons. The van der Waals surface area contributed by atoms with Crippen molar-refractivity contribution in [3.8, 4) is 0 Å². The fourth-order valence-electron chi connectivity index (χ4n) is 2.31. The zero-order chi connectivity index (χ0) is 13.7. The van der Waals surface area contributed by atoms with Crippen LogP contribution in [0.4, 0.5) is 0 Å². The van der Waals surface area contributed by atoms with Crippen LogP contribution in [0.2, 0.25) is 0 Å². The first-order valence-electron chi connectivity index (χ1n) is 6.64. The van der Waals surface area contributed by atoms with Crippen LogP contribution in [0, 0.1) is 6.92 Å². The van der Waals surface area contributed by atoms with Crippen molar-refractivity contribution in [1.82, 2.24) is 15.2 Å². The molecule has 0 aromatic carbocycles. The Balaban J connectivity index is 2.03. The van der Waals surface area contributed by atoms with Gasteiger partial charge in [-0.15, -0.1) is 11.3 Å². The highest BCUT2D eigenvalue weighted by atomic mass is 32.1. The summed E-state index contributed by atoms with van der Waals surface area (Å²) in [6.45, 7) is 4.88. The van der Waals surface area contributed by atoms with Crippen molar-refractivity contribution in [2.24, 2.45) is 0 Å². The molecule has 1 aromatic heterocycles. The van der Waals surface area contributed by atoms with Crippen molar-refractivity contribution < 1.29 is 9.53 Å². The normalized spacial score (nSPS) is 18.7. The molecular weight excluding hydrogens is 262 g/mol. The fourth-order valence-corrected chi connectivity index (χ4v) is 3.08. The molecule has 5 nitrogen and oxygen atoms in total. The van der Waals surface area contributed by atoms with Crippen LogP contribution in [-0.4, -0.2) is 55.2 Å². The third-order valence-electron chi connectivity index (χ3n) is 3.40. The van der Waals surface area contributed by atoms with Crippen LogP contribution in [0.3, 0.4) is 0 Å². The summed E-state index contributed by atoms with van der Waals surface area (Å²) in [6.07, 6.45) is 2.33. The molecule has 106 valence electrons. The molecule has 19 heavy (non-hydrogen) atoms. The van der Waals surface area contributed by atoms with Gasteiger partial charge in [0, 0.05) is 26.2 Å². The minimum Gasteiger partial charge on any atom is -0.383 e. The van der Waals surface area contributed by atoms with Crippen molar-refractivity contribution >= 4 is 17.2 Å². The van der Waals surface area contributed by atoms with Crippen LogP contribution in [0.5, 0.6) is 0 Å². The summed E-state index contributed by atoms with van der Waals surface area (Å²) < 4.78 is 5.11. The van der Waals surface area contributed by atoms with E-state index in [1.54, 1.807) is 12.6 Å². The lowest BCUT2D eigenvalue weighted by Gasteiger charge is -2.25. The molecule has 1 N–H and O–H groups in total. The maximum absolute atomic E-state index is 12.5. The Morgan fingerprint density at radius 1 is 1.68 bits per heavy atom. The van der Waals surface area contributed by atoms with Gasteiger partial charge in [0.15, 0.2) is 0 Å². The monoisotopic (exact) mass is 283 g/mol. The topological polar surface area (TPSA) is 54.5 Å². The number of carbonyl (C=O) groups is 1. The van der Waals surface area contributed by atoms with Crippen LogP contribution < -0.4 is 5.32 Å². The van der Waals surface area contributed by atoms with E-state index in [0.29, 0.717) is 19.2 Å². The van der Waals surface area contributed by atoms with Gasteiger partial charge in [0.25, 0.3) is 5.91 Å². The van der Waals surface area contributed by atoms with E-state index in [2.05, 4.69) is 10.3 Å². The predicted molar refractivity (Wildman–Crippen MR) is 75.7 cm³/mol. The minimum absolute atomic E-state index is 0.0748. The van der Waals surface area contributed by atoms with Crippen LogP contribution >= 0.6 is 11.3 Å². The van der Waals surface area contributed by atoms with Crippen LogP contribution in [0.1, 0.15) is 28.2 Å². The lowest BCUT2D eigenvalue weighted by atomic mass is 10.2. The molecule has 1 fully saturated rings. The average molecular weight is 283 g/mol. The summed E-state index contributed by atoms with van der Waals surface area (Å²) in [5.74, 6) is 0.0748. The molecule has 1 unspecified atom stereocenters.